The smallest absolute Gasteiger partial charge is 0.336 e. The van der Waals surface area contributed by atoms with Gasteiger partial charge in [0.1, 0.15) is 17.1 Å². The molecule has 0 fully saturated rings. The first-order valence-electron chi connectivity index (χ1n) is 9.70. The number of benzene rings is 2. The minimum Gasteiger partial charge on any atom is -0.508 e. The maximum absolute atomic E-state index is 13.4. The Balaban J connectivity index is 1.98. The highest BCUT2D eigenvalue weighted by molar-refractivity contribution is 6.21. The molecule has 1 atom stereocenters. The highest BCUT2D eigenvalue weighted by Gasteiger charge is 2.32. The number of hydrogen-bond acceptors (Lipinski definition) is 5. The number of aryl methyl sites for hydroxylation is 1. The third kappa shape index (κ3) is 2.92. The van der Waals surface area contributed by atoms with E-state index in [4.69, 9.17) is 4.42 Å². The molecular formula is C25H17NO5. The van der Waals surface area contributed by atoms with E-state index in [1.54, 1.807) is 24.5 Å². The van der Waals surface area contributed by atoms with E-state index in [2.05, 4.69) is 4.98 Å². The highest BCUT2D eigenvalue weighted by atomic mass is 16.4. The van der Waals surface area contributed by atoms with Crippen molar-refractivity contribution < 1.29 is 19.4 Å². The molecule has 2 aromatic heterocycles. The molecule has 152 valence electrons. The zero-order valence-corrected chi connectivity index (χ0v) is 16.5. The van der Waals surface area contributed by atoms with Gasteiger partial charge in [-0.1, -0.05) is 24.3 Å². The van der Waals surface area contributed by atoms with Crippen LogP contribution in [0.15, 0.2) is 70.1 Å². The van der Waals surface area contributed by atoms with Gasteiger partial charge in [0.2, 0.25) is 0 Å². The molecule has 2 aromatic carbocycles. The van der Waals surface area contributed by atoms with Crippen LogP contribution in [-0.4, -0.2) is 21.2 Å². The van der Waals surface area contributed by atoms with E-state index in [-0.39, 0.29) is 33.3 Å². The molecule has 6 nitrogen and oxygen atoms in total. The van der Waals surface area contributed by atoms with Crippen LogP contribution in [0.1, 0.15) is 39.5 Å². The first-order chi connectivity index (χ1) is 15.0. The van der Waals surface area contributed by atoms with Gasteiger partial charge in [-0.05, 0) is 53.5 Å². The monoisotopic (exact) mass is 411 g/mol. The fraction of sp³-hybridized carbons (Fsp3) is 0.0800. The van der Waals surface area contributed by atoms with Crippen molar-refractivity contribution in [3.63, 3.8) is 0 Å². The molecule has 0 amide bonds. The molecule has 1 aliphatic carbocycles. The minimum atomic E-state index is -1.13. The van der Waals surface area contributed by atoms with Crippen molar-refractivity contribution in [2.45, 2.75) is 12.8 Å². The lowest BCUT2D eigenvalue weighted by molar-refractivity contribution is -0.130. The molecule has 4 aromatic rings. The molecule has 0 saturated heterocycles. The van der Waals surface area contributed by atoms with E-state index >= 15 is 0 Å². The summed E-state index contributed by atoms with van der Waals surface area (Å²) < 4.78 is 6.21. The van der Waals surface area contributed by atoms with Crippen LogP contribution in [0.25, 0.3) is 22.6 Å². The molecule has 2 heterocycles. The number of nitrogens with zero attached hydrogens (tertiary/aromatic N) is 1. The highest BCUT2D eigenvalue weighted by Crippen LogP contribution is 2.42. The summed E-state index contributed by atoms with van der Waals surface area (Å²) in [6.45, 7) is 1.91. The van der Waals surface area contributed by atoms with Gasteiger partial charge >= 0.3 is 5.97 Å². The third-order valence-corrected chi connectivity index (χ3v) is 5.66. The number of carboxylic acid groups (broad SMARTS) is 1. The first kappa shape index (κ1) is 18.8. The normalized spacial score (nSPS) is 15.0. The molecule has 0 radical (unpaired) electrons. The summed E-state index contributed by atoms with van der Waals surface area (Å²) in [5, 5.41) is 20.1. The Hall–Kier alpha value is -4.19. The van der Waals surface area contributed by atoms with E-state index in [0.29, 0.717) is 16.9 Å². The molecule has 31 heavy (non-hydrogen) atoms. The first-order valence-corrected chi connectivity index (χ1v) is 9.70. The fourth-order valence-electron chi connectivity index (χ4n) is 4.22. The Kier molecular flexibility index (Phi) is 4.22. The van der Waals surface area contributed by atoms with Crippen molar-refractivity contribution in [1.29, 1.82) is 0 Å². The average Bonchev–Trinajstić information content (AvgIpc) is 2.89. The number of aliphatic carboxylic acids is 1. The topological polar surface area (TPSA) is 101 Å². The van der Waals surface area contributed by atoms with Crippen molar-refractivity contribution in [1.82, 2.24) is 4.98 Å². The SMILES string of the molecule is Cc1cnccc1C1c2ccccc2C(C(=O)O)=Cc2c1oc1cc(O)ccc1c2=O. The van der Waals surface area contributed by atoms with E-state index < -0.39 is 11.9 Å². The second-order valence-electron chi connectivity index (χ2n) is 7.51. The summed E-state index contributed by atoms with van der Waals surface area (Å²) in [4.78, 5) is 29.8. The fourth-order valence-corrected chi connectivity index (χ4v) is 4.22. The van der Waals surface area contributed by atoms with Gasteiger partial charge in [-0.15, -0.1) is 0 Å². The van der Waals surface area contributed by atoms with Crippen LogP contribution in [0.4, 0.5) is 0 Å². The number of phenols is 1. The number of hydrogen-bond donors (Lipinski definition) is 2. The number of carbonyl (C=O) groups is 1. The molecular weight excluding hydrogens is 394 g/mol. The van der Waals surface area contributed by atoms with Crippen LogP contribution >= 0.6 is 0 Å². The number of pyridine rings is 1. The number of carboxylic acids is 1. The largest absolute Gasteiger partial charge is 0.508 e. The lowest BCUT2D eigenvalue weighted by Gasteiger charge is -2.21. The Bertz CT molecular complexity index is 1460. The Morgan fingerprint density at radius 1 is 1.10 bits per heavy atom. The van der Waals surface area contributed by atoms with Crippen LogP contribution in [-0.2, 0) is 4.79 Å². The lowest BCUT2D eigenvalue weighted by atomic mass is 9.83. The van der Waals surface area contributed by atoms with Crippen molar-refractivity contribution in [2.75, 3.05) is 0 Å². The van der Waals surface area contributed by atoms with Crippen LogP contribution < -0.4 is 5.43 Å². The van der Waals surface area contributed by atoms with Gasteiger partial charge in [-0.25, -0.2) is 4.79 Å². The summed E-state index contributed by atoms with van der Waals surface area (Å²) in [6, 6.07) is 13.3. The molecule has 1 unspecified atom stereocenters. The Morgan fingerprint density at radius 3 is 2.68 bits per heavy atom. The number of rotatable bonds is 2. The van der Waals surface area contributed by atoms with Crippen LogP contribution in [0, 0.1) is 6.92 Å². The number of aromatic nitrogens is 1. The summed E-state index contributed by atoms with van der Waals surface area (Å²) in [6.07, 6.45) is 4.77. The maximum Gasteiger partial charge on any atom is 0.336 e. The van der Waals surface area contributed by atoms with Crippen molar-refractivity contribution in [3.05, 3.63) is 105 Å². The van der Waals surface area contributed by atoms with Gasteiger partial charge in [0.25, 0.3) is 0 Å². The van der Waals surface area contributed by atoms with Gasteiger partial charge in [-0.3, -0.25) is 9.78 Å². The Morgan fingerprint density at radius 2 is 1.90 bits per heavy atom. The second kappa shape index (κ2) is 6.95. The van der Waals surface area contributed by atoms with Crippen molar-refractivity contribution in [2.24, 2.45) is 0 Å². The molecule has 0 spiro atoms. The van der Waals surface area contributed by atoms with Gasteiger partial charge in [0.05, 0.1) is 22.4 Å². The predicted octanol–water partition coefficient (Wildman–Crippen LogP) is 4.32. The van der Waals surface area contributed by atoms with Crippen molar-refractivity contribution in [3.8, 4) is 5.75 Å². The number of phenolic OH excluding ortho intramolecular Hbond substituents is 1. The van der Waals surface area contributed by atoms with Gasteiger partial charge in [0, 0.05) is 18.5 Å². The Labute approximate surface area is 176 Å². The van der Waals surface area contributed by atoms with E-state index in [1.807, 2.05) is 25.1 Å². The molecule has 2 N–H and O–H groups in total. The standard InChI is InChI=1S/C25H17NO5/c1-13-12-26-9-8-15(13)22-17-5-3-2-4-16(17)19(25(29)30)11-20-23(28)18-7-6-14(27)10-21(18)31-24(20)22/h2-12,22,27H,1H3,(H,29,30). The van der Waals surface area contributed by atoms with Crippen LogP contribution in [0.5, 0.6) is 5.75 Å². The summed E-state index contributed by atoms with van der Waals surface area (Å²) in [7, 11) is 0. The summed E-state index contributed by atoms with van der Waals surface area (Å²) >= 11 is 0. The molecule has 0 saturated carbocycles. The zero-order valence-electron chi connectivity index (χ0n) is 16.5. The second-order valence-corrected chi connectivity index (χ2v) is 7.51. The van der Waals surface area contributed by atoms with E-state index in [1.165, 1.54) is 24.3 Å². The van der Waals surface area contributed by atoms with E-state index in [0.717, 1.165) is 11.1 Å². The summed E-state index contributed by atoms with van der Waals surface area (Å²) in [5.41, 5.74) is 3.08. The molecule has 5 rings (SSSR count). The van der Waals surface area contributed by atoms with Crippen LogP contribution in [0.2, 0.25) is 0 Å². The van der Waals surface area contributed by atoms with Gasteiger partial charge in [-0.2, -0.15) is 0 Å². The van der Waals surface area contributed by atoms with Crippen LogP contribution in [0.3, 0.4) is 0 Å². The van der Waals surface area contributed by atoms with Crippen molar-refractivity contribution >= 4 is 28.6 Å². The average molecular weight is 411 g/mol. The molecule has 6 heteroatoms. The molecule has 0 aliphatic heterocycles. The maximum atomic E-state index is 13.4. The quantitative estimate of drug-likeness (QED) is 0.509. The van der Waals surface area contributed by atoms with E-state index in [9.17, 15) is 19.8 Å². The number of aromatic hydroxyl groups is 1. The lowest BCUT2D eigenvalue weighted by Crippen LogP contribution is -2.14. The van der Waals surface area contributed by atoms with Gasteiger partial charge < -0.3 is 14.6 Å². The minimum absolute atomic E-state index is 0.0245. The predicted molar refractivity (Wildman–Crippen MR) is 116 cm³/mol. The zero-order chi connectivity index (χ0) is 21.7. The van der Waals surface area contributed by atoms with Gasteiger partial charge in [0.15, 0.2) is 5.43 Å². The molecule has 1 aliphatic rings. The number of fused-ring (bicyclic) bond motifs is 3. The molecule has 0 bridgehead atoms. The third-order valence-electron chi connectivity index (χ3n) is 5.66. The summed E-state index contributed by atoms with van der Waals surface area (Å²) in [5.74, 6) is -1.35.